The number of aromatic nitrogens is 3. The Labute approximate surface area is 118 Å². The number of phenols is 1. The molecule has 0 spiro atoms. The number of nitro benzene ring substituents is 1. The number of nitro groups is 1. The van der Waals surface area contributed by atoms with Crippen molar-refractivity contribution in [2.75, 3.05) is 5.32 Å². The van der Waals surface area contributed by atoms with Gasteiger partial charge in [0.25, 0.3) is 5.69 Å². The highest BCUT2D eigenvalue weighted by molar-refractivity contribution is 5.94. The van der Waals surface area contributed by atoms with Crippen LogP contribution in [0.25, 0.3) is 0 Å². The van der Waals surface area contributed by atoms with E-state index >= 15 is 0 Å². The Bertz CT molecular complexity index is 683. The molecule has 0 saturated heterocycles. The van der Waals surface area contributed by atoms with Crippen molar-refractivity contribution in [3.8, 4) is 5.75 Å². The van der Waals surface area contributed by atoms with E-state index < -0.39 is 22.3 Å². The third kappa shape index (κ3) is 3.30. The molecule has 2 rings (SSSR count). The number of aromatic hydroxyl groups is 1. The predicted molar refractivity (Wildman–Crippen MR) is 71.3 cm³/mol. The van der Waals surface area contributed by atoms with Gasteiger partial charge >= 0.3 is 0 Å². The Balaban J connectivity index is 2.14. The van der Waals surface area contributed by atoms with Gasteiger partial charge in [0.05, 0.1) is 16.8 Å². The minimum absolute atomic E-state index is 0.187. The van der Waals surface area contributed by atoms with Gasteiger partial charge in [0.15, 0.2) is 5.69 Å². The molecule has 10 heteroatoms. The summed E-state index contributed by atoms with van der Waals surface area (Å²) in [5.74, 6) is -0.980. The molecule has 21 heavy (non-hydrogen) atoms. The number of nitrogens with two attached hydrogens (primary N) is 1. The molecule has 4 N–H and O–H groups in total. The Morgan fingerprint density at radius 1 is 1.52 bits per heavy atom. The van der Waals surface area contributed by atoms with Crippen molar-refractivity contribution in [1.82, 2.24) is 15.0 Å². The molecule has 1 heterocycles. The molecule has 110 valence electrons. The van der Waals surface area contributed by atoms with Gasteiger partial charge in [0, 0.05) is 12.6 Å². The summed E-state index contributed by atoms with van der Waals surface area (Å²) in [7, 11) is 0. The van der Waals surface area contributed by atoms with Crippen LogP contribution in [-0.2, 0) is 17.9 Å². The summed E-state index contributed by atoms with van der Waals surface area (Å²) in [4.78, 5) is 22.0. The van der Waals surface area contributed by atoms with Crippen molar-refractivity contribution in [2.24, 2.45) is 5.73 Å². The van der Waals surface area contributed by atoms with Gasteiger partial charge in [0.1, 0.15) is 12.3 Å². The number of hydrogen-bond acceptors (Lipinski definition) is 7. The molecule has 0 atom stereocenters. The maximum absolute atomic E-state index is 11.8. The van der Waals surface area contributed by atoms with Gasteiger partial charge in [-0.05, 0) is 6.07 Å². The maximum atomic E-state index is 11.8. The minimum atomic E-state index is -0.697. The lowest BCUT2D eigenvalue weighted by atomic mass is 10.2. The van der Waals surface area contributed by atoms with Gasteiger partial charge in [0.2, 0.25) is 5.91 Å². The number of anilines is 1. The molecule has 1 aromatic heterocycles. The van der Waals surface area contributed by atoms with Crippen LogP contribution in [0.15, 0.2) is 24.4 Å². The van der Waals surface area contributed by atoms with E-state index in [1.165, 1.54) is 29.1 Å². The number of para-hydroxylation sites is 1. The second-order valence-electron chi connectivity index (χ2n) is 4.09. The van der Waals surface area contributed by atoms with Crippen molar-refractivity contribution in [3.05, 3.63) is 40.2 Å². The maximum Gasteiger partial charge on any atom is 0.296 e. The first-order chi connectivity index (χ1) is 10.0. The fourth-order valence-electron chi connectivity index (χ4n) is 1.64. The molecule has 2 aromatic rings. The molecule has 0 fully saturated rings. The lowest BCUT2D eigenvalue weighted by Crippen LogP contribution is -2.19. The van der Waals surface area contributed by atoms with Gasteiger partial charge in [-0.25, -0.2) is 4.68 Å². The van der Waals surface area contributed by atoms with Crippen LogP contribution in [0.1, 0.15) is 5.69 Å². The van der Waals surface area contributed by atoms with Crippen molar-refractivity contribution < 1.29 is 14.8 Å². The van der Waals surface area contributed by atoms with Crippen molar-refractivity contribution in [3.63, 3.8) is 0 Å². The number of hydrogen-bond donors (Lipinski definition) is 3. The second-order valence-corrected chi connectivity index (χ2v) is 4.09. The Hall–Kier alpha value is -3.01. The SMILES string of the molecule is NCc1cn(CC(=O)Nc2c(O)cccc2[N+](=O)[O-])nn1. The highest BCUT2D eigenvalue weighted by Crippen LogP contribution is 2.32. The minimum Gasteiger partial charge on any atom is -0.505 e. The number of nitrogens with zero attached hydrogens (tertiary/aromatic N) is 4. The zero-order chi connectivity index (χ0) is 15.4. The van der Waals surface area contributed by atoms with Crippen LogP contribution in [0.2, 0.25) is 0 Å². The molecule has 0 radical (unpaired) electrons. The third-order valence-electron chi connectivity index (χ3n) is 2.58. The summed E-state index contributed by atoms with van der Waals surface area (Å²) < 4.78 is 1.24. The topological polar surface area (TPSA) is 149 Å². The van der Waals surface area contributed by atoms with Gasteiger partial charge in [-0.15, -0.1) is 5.10 Å². The van der Waals surface area contributed by atoms with E-state index in [9.17, 15) is 20.0 Å². The zero-order valence-electron chi connectivity index (χ0n) is 10.8. The second kappa shape index (κ2) is 5.96. The summed E-state index contributed by atoms with van der Waals surface area (Å²) in [6.45, 7) is -0.0228. The van der Waals surface area contributed by atoms with Crippen LogP contribution in [0.3, 0.4) is 0 Å². The van der Waals surface area contributed by atoms with E-state index in [4.69, 9.17) is 5.73 Å². The number of rotatable bonds is 5. The number of phenolic OH excluding ortho intramolecular Hbond substituents is 1. The molecule has 0 aliphatic rings. The van der Waals surface area contributed by atoms with E-state index in [0.717, 1.165) is 0 Å². The molecular weight excluding hydrogens is 280 g/mol. The van der Waals surface area contributed by atoms with Crippen molar-refractivity contribution in [2.45, 2.75) is 13.1 Å². The lowest BCUT2D eigenvalue weighted by Gasteiger charge is -2.07. The number of carbonyl (C=O) groups excluding carboxylic acids is 1. The number of amides is 1. The molecule has 0 aliphatic heterocycles. The summed E-state index contributed by atoms with van der Waals surface area (Å²) in [5, 5.41) is 30.2. The van der Waals surface area contributed by atoms with Gasteiger partial charge in [-0.2, -0.15) is 0 Å². The van der Waals surface area contributed by atoms with Crippen LogP contribution in [0.4, 0.5) is 11.4 Å². The fraction of sp³-hybridized carbons (Fsp3) is 0.182. The quantitative estimate of drug-likeness (QED) is 0.398. The summed E-state index contributed by atoms with van der Waals surface area (Å²) in [6, 6.07) is 3.73. The normalized spacial score (nSPS) is 10.3. The average molecular weight is 292 g/mol. The van der Waals surface area contributed by atoms with Gasteiger partial charge < -0.3 is 16.2 Å². The van der Waals surface area contributed by atoms with E-state index in [-0.39, 0.29) is 18.8 Å². The predicted octanol–water partition coefficient (Wildman–Crippen LogP) is -0.0107. The molecule has 0 unspecified atom stereocenters. The third-order valence-corrected chi connectivity index (χ3v) is 2.58. The summed E-state index contributed by atoms with van der Waals surface area (Å²) in [5.41, 5.74) is 5.22. The number of benzene rings is 1. The van der Waals surface area contributed by atoms with E-state index in [1.807, 2.05) is 0 Å². The first kappa shape index (κ1) is 14.4. The average Bonchev–Trinajstić information content (AvgIpc) is 2.88. The van der Waals surface area contributed by atoms with Gasteiger partial charge in [-0.3, -0.25) is 14.9 Å². The Morgan fingerprint density at radius 3 is 2.90 bits per heavy atom. The van der Waals surface area contributed by atoms with Crippen molar-refractivity contribution >= 4 is 17.3 Å². The van der Waals surface area contributed by atoms with E-state index in [1.54, 1.807) is 0 Å². The molecule has 10 nitrogen and oxygen atoms in total. The lowest BCUT2D eigenvalue weighted by molar-refractivity contribution is -0.384. The van der Waals surface area contributed by atoms with E-state index in [2.05, 4.69) is 15.6 Å². The molecule has 0 bridgehead atoms. The van der Waals surface area contributed by atoms with Crippen LogP contribution in [-0.4, -0.2) is 30.9 Å². The molecule has 1 aromatic carbocycles. The molecular formula is C11H12N6O4. The Morgan fingerprint density at radius 2 is 2.29 bits per heavy atom. The highest BCUT2D eigenvalue weighted by atomic mass is 16.6. The van der Waals surface area contributed by atoms with Crippen LogP contribution in [0, 0.1) is 10.1 Å². The van der Waals surface area contributed by atoms with Crippen molar-refractivity contribution in [1.29, 1.82) is 0 Å². The number of carbonyl (C=O) groups is 1. The van der Waals surface area contributed by atoms with Crippen LogP contribution in [0.5, 0.6) is 5.75 Å². The zero-order valence-corrected chi connectivity index (χ0v) is 10.8. The smallest absolute Gasteiger partial charge is 0.296 e. The molecule has 0 aliphatic carbocycles. The molecule has 0 saturated carbocycles. The van der Waals surface area contributed by atoms with E-state index in [0.29, 0.717) is 5.69 Å². The first-order valence-electron chi connectivity index (χ1n) is 5.86. The monoisotopic (exact) mass is 292 g/mol. The fourth-order valence-corrected chi connectivity index (χ4v) is 1.64. The standard InChI is InChI=1S/C11H12N6O4/c12-4-7-5-16(15-14-7)6-10(19)13-11-8(17(20)21)2-1-3-9(11)18/h1-3,5,18H,4,6,12H2,(H,13,19). The highest BCUT2D eigenvalue weighted by Gasteiger charge is 2.19. The Kier molecular flexibility index (Phi) is 4.09. The summed E-state index contributed by atoms with van der Waals surface area (Å²) in [6.07, 6.45) is 1.48. The van der Waals surface area contributed by atoms with Crippen LogP contribution < -0.4 is 11.1 Å². The first-order valence-corrected chi connectivity index (χ1v) is 5.86. The largest absolute Gasteiger partial charge is 0.505 e. The van der Waals surface area contributed by atoms with Gasteiger partial charge in [-0.1, -0.05) is 11.3 Å². The number of nitrogens with one attached hydrogen (secondary N) is 1. The van der Waals surface area contributed by atoms with Crippen LogP contribution >= 0.6 is 0 Å². The summed E-state index contributed by atoms with van der Waals surface area (Å²) >= 11 is 0. The molecule has 1 amide bonds.